The topological polar surface area (TPSA) is 52.0 Å². The molecular formula is C16H22Cl2N2O. The number of nitrogens with two attached hydrogens (primary N) is 1. The molecule has 21 heavy (non-hydrogen) atoms. The Labute approximate surface area is 135 Å². The molecule has 2 rings (SSSR count). The maximum Gasteiger partial charge on any atom is 0.195 e. The van der Waals surface area contributed by atoms with Crippen LogP contribution >= 0.6 is 23.2 Å². The highest BCUT2D eigenvalue weighted by Crippen LogP contribution is 2.33. The molecule has 1 aromatic heterocycles. The number of nitrogens with zero attached hydrogens (tertiary/aromatic N) is 1. The van der Waals surface area contributed by atoms with Gasteiger partial charge in [-0.15, -0.1) is 0 Å². The first kappa shape index (κ1) is 16.6. The van der Waals surface area contributed by atoms with Gasteiger partial charge in [-0.3, -0.25) is 0 Å². The SMILES string of the molecule is CC(C)(C)C(CCN)CCc1nc2cc(Cl)cc(Cl)c2o1. The smallest absolute Gasteiger partial charge is 0.195 e. The maximum atomic E-state index is 6.13. The Morgan fingerprint density at radius 1 is 1.24 bits per heavy atom. The van der Waals surface area contributed by atoms with Crippen molar-refractivity contribution in [3.8, 4) is 0 Å². The molecule has 0 aliphatic heterocycles. The zero-order valence-electron chi connectivity index (χ0n) is 12.7. The highest BCUT2D eigenvalue weighted by Gasteiger charge is 2.24. The Morgan fingerprint density at radius 2 is 1.95 bits per heavy atom. The minimum Gasteiger partial charge on any atom is -0.439 e. The van der Waals surface area contributed by atoms with Crippen LogP contribution in [0.3, 0.4) is 0 Å². The Hall–Kier alpha value is -0.770. The summed E-state index contributed by atoms with van der Waals surface area (Å²) in [5, 5.41) is 1.08. The molecule has 5 heteroatoms. The van der Waals surface area contributed by atoms with Crippen molar-refractivity contribution in [1.29, 1.82) is 0 Å². The molecule has 0 radical (unpaired) electrons. The highest BCUT2D eigenvalue weighted by atomic mass is 35.5. The van der Waals surface area contributed by atoms with Gasteiger partial charge in [0, 0.05) is 11.4 Å². The third-order valence-electron chi connectivity index (χ3n) is 3.90. The number of halogens is 2. The number of benzene rings is 1. The molecule has 2 N–H and O–H groups in total. The van der Waals surface area contributed by atoms with Gasteiger partial charge in [0.25, 0.3) is 0 Å². The van der Waals surface area contributed by atoms with Crippen LogP contribution in [0.2, 0.25) is 10.0 Å². The van der Waals surface area contributed by atoms with E-state index in [1.54, 1.807) is 12.1 Å². The second kappa shape index (κ2) is 6.55. The first-order valence-corrected chi connectivity index (χ1v) is 8.01. The van der Waals surface area contributed by atoms with Crippen molar-refractivity contribution in [3.63, 3.8) is 0 Å². The van der Waals surface area contributed by atoms with E-state index in [4.69, 9.17) is 33.4 Å². The monoisotopic (exact) mass is 328 g/mol. The van der Waals surface area contributed by atoms with Crippen LogP contribution in [-0.4, -0.2) is 11.5 Å². The first-order chi connectivity index (χ1) is 9.81. The van der Waals surface area contributed by atoms with Gasteiger partial charge in [-0.2, -0.15) is 0 Å². The number of oxazole rings is 1. The van der Waals surface area contributed by atoms with Gasteiger partial charge in [0.2, 0.25) is 0 Å². The second-order valence-corrected chi connectivity index (χ2v) is 7.37. The van der Waals surface area contributed by atoms with Gasteiger partial charge in [0.05, 0.1) is 5.02 Å². The van der Waals surface area contributed by atoms with Crippen molar-refractivity contribution in [2.45, 2.75) is 40.0 Å². The summed E-state index contributed by atoms with van der Waals surface area (Å²) in [6.45, 7) is 7.44. The van der Waals surface area contributed by atoms with Crippen LogP contribution in [0.15, 0.2) is 16.5 Å². The average Bonchev–Trinajstić information content (AvgIpc) is 2.76. The first-order valence-electron chi connectivity index (χ1n) is 7.26. The fourth-order valence-electron chi connectivity index (χ4n) is 2.62. The zero-order chi connectivity index (χ0) is 15.6. The van der Waals surface area contributed by atoms with Crippen LogP contribution < -0.4 is 5.73 Å². The van der Waals surface area contributed by atoms with Gasteiger partial charge in [-0.25, -0.2) is 4.98 Å². The molecular weight excluding hydrogens is 307 g/mol. The van der Waals surface area contributed by atoms with E-state index in [1.165, 1.54) is 0 Å². The van der Waals surface area contributed by atoms with Gasteiger partial charge < -0.3 is 10.2 Å². The minimum atomic E-state index is 0.229. The Morgan fingerprint density at radius 3 is 2.57 bits per heavy atom. The van der Waals surface area contributed by atoms with Crippen LogP contribution in [0.25, 0.3) is 11.1 Å². The van der Waals surface area contributed by atoms with Crippen LogP contribution in [0.5, 0.6) is 0 Å². The van der Waals surface area contributed by atoms with Gasteiger partial charge >= 0.3 is 0 Å². The molecule has 0 amide bonds. The van der Waals surface area contributed by atoms with Crippen molar-refractivity contribution in [2.24, 2.45) is 17.1 Å². The molecule has 0 saturated heterocycles. The van der Waals surface area contributed by atoms with Crippen LogP contribution in [-0.2, 0) is 6.42 Å². The van der Waals surface area contributed by atoms with E-state index in [9.17, 15) is 0 Å². The van der Waals surface area contributed by atoms with E-state index < -0.39 is 0 Å². The maximum absolute atomic E-state index is 6.13. The molecule has 1 heterocycles. The predicted molar refractivity (Wildman–Crippen MR) is 89.0 cm³/mol. The number of hydrogen-bond acceptors (Lipinski definition) is 3. The van der Waals surface area contributed by atoms with E-state index in [-0.39, 0.29) is 5.41 Å². The third kappa shape index (κ3) is 4.12. The Balaban J connectivity index is 2.14. The lowest BCUT2D eigenvalue weighted by Gasteiger charge is -2.30. The minimum absolute atomic E-state index is 0.229. The molecule has 116 valence electrons. The molecule has 0 bridgehead atoms. The normalized spacial score (nSPS) is 13.8. The lowest BCUT2D eigenvalue weighted by molar-refractivity contribution is 0.211. The summed E-state index contributed by atoms with van der Waals surface area (Å²) >= 11 is 12.1. The van der Waals surface area contributed by atoms with E-state index in [1.807, 2.05) is 0 Å². The van der Waals surface area contributed by atoms with Crippen LogP contribution in [0.1, 0.15) is 39.5 Å². The quantitative estimate of drug-likeness (QED) is 0.832. The Bertz CT molecular complexity index is 616. The third-order valence-corrected chi connectivity index (χ3v) is 4.40. The summed E-state index contributed by atoms with van der Waals surface area (Å²) in [5.74, 6) is 1.25. The average molecular weight is 329 g/mol. The van der Waals surface area contributed by atoms with E-state index >= 15 is 0 Å². The summed E-state index contributed by atoms with van der Waals surface area (Å²) in [4.78, 5) is 4.48. The lowest BCUT2D eigenvalue weighted by atomic mass is 9.76. The fraction of sp³-hybridized carbons (Fsp3) is 0.562. The van der Waals surface area contributed by atoms with E-state index in [2.05, 4.69) is 25.8 Å². The van der Waals surface area contributed by atoms with Gasteiger partial charge in [-0.05, 0) is 42.9 Å². The highest BCUT2D eigenvalue weighted by molar-refractivity contribution is 6.37. The van der Waals surface area contributed by atoms with Crippen LogP contribution in [0, 0.1) is 11.3 Å². The molecule has 1 unspecified atom stereocenters. The summed E-state index contributed by atoms with van der Waals surface area (Å²) in [6, 6.07) is 3.45. The molecule has 0 aliphatic carbocycles. The van der Waals surface area contributed by atoms with Crippen molar-refractivity contribution >= 4 is 34.3 Å². The molecule has 0 spiro atoms. The van der Waals surface area contributed by atoms with Crippen molar-refractivity contribution in [2.75, 3.05) is 6.54 Å². The van der Waals surface area contributed by atoms with Gasteiger partial charge in [0.15, 0.2) is 11.5 Å². The van der Waals surface area contributed by atoms with Gasteiger partial charge in [0.1, 0.15) is 5.52 Å². The van der Waals surface area contributed by atoms with Crippen molar-refractivity contribution < 1.29 is 4.42 Å². The molecule has 1 atom stereocenters. The summed E-state index contributed by atoms with van der Waals surface area (Å²) in [6.07, 6.45) is 2.79. The van der Waals surface area contributed by atoms with E-state index in [0.29, 0.717) is 39.5 Å². The zero-order valence-corrected chi connectivity index (χ0v) is 14.3. The van der Waals surface area contributed by atoms with Crippen LogP contribution in [0.4, 0.5) is 0 Å². The molecule has 1 aromatic carbocycles. The molecule has 0 aliphatic rings. The Kier molecular flexibility index (Phi) is 5.18. The number of aromatic nitrogens is 1. The molecule has 0 fully saturated rings. The summed E-state index contributed by atoms with van der Waals surface area (Å²) in [7, 11) is 0. The summed E-state index contributed by atoms with van der Waals surface area (Å²) in [5.41, 5.74) is 7.28. The lowest BCUT2D eigenvalue weighted by Crippen LogP contribution is -2.24. The number of rotatable bonds is 5. The van der Waals surface area contributed by atoms with E-state index in [0.717, 1.165) is 19.3 Å². The number of aryl methyl sites for hydroxylation is 1. The molecule has 3 nitrogen and oxygen atoms in total. The summed E-state index contributed by atoms with van der Waals surface area (Å²) < 4.78 is 5.76. The second-order valence-electron chi connectivity index (χ2n) is 6.52. The standard InChI is InChI=1S/C16H22Cl2N2O/c1-16(2,3)10(6-7-19)4-5-14-20-13-9-11(17)8-12(18)15(13)21-14/h8-10H,4-7,19H2,1-3H3. The molecule has 2 aromatic rings. The largest absolute Gasteiger partial charge is 0.439 e. The number of fused-ring (bicyclic) bond motifs is 1. The molecule has 0 saturated carbocycles. The van der Waals surface area contributed by atoms with Crippen molar-refractivity contribution in [3.05, 3.63) is 28.1 Å². The predicted octanol–water partition coefficient (Wildman–Crippen LogP) is 5.08. The van der Waals surface area contributed by atoms with Crippen molar-refractivity contribution in [1.82, 2.24) is 4.98 Å². The fourth-order valence-corrected chi connectivity index (χ4v) is 3.14. The van der Waals surface area contributed by atoms with Gasteiger partial charge in [-0.1, -0.05) is 44.0 Å². The number of hydrogen-bond donors (Lipinski definition) is 1.